The molecule has 0 spiro atoms. The van der Waals surface area contributed by atoms with Gasteiger partial charge in [0.15, 0.2) is 4.80 Å². The second kappa shape index (κ2) is 8.37. The first-order valence-corrected chi connectivity index (χ1v) is 9.65. The second-order valence-electron chi connectivity index (χ2n) is 5.44. The largest absolute Gasteiger partial charge is 0.383 e. The van der Waals surface area contributed by atoms with Crippen LogP contribution in [0.4, 0.5) is 0 Å². The van der Waals surface area contributed by atoms with E-state index in [-0.39, 0.29) is 5.91 Å². The van der Waals surface area contributed by atoms with Crippen molar-refractivity contribution in [2.24, 2.45) is 4.99 Å². The van der Waals surface area contributed by atoms with Crippen LogP contribution in [0.15, 0.2) is 46.8 Å². The molecule has 0 aliphatic rings. The van der Waals surface area contributed by atoms with E-state index in [1.54, 1.807) is 29.8 Å². The van der Waals surface area contributed by atoms with E-state index in [1.807, 2.05) is 18.2 Å². The van der Waals surface area contributed by atoms with Crippen molar-refractivity contribution in [3.8, 4) is 0 Å². The Bertz CT molecular complexity index is 863. The number of para-hydroxylation sites is 1. The normalized spacial score (nSPS) is 12.1. The zero-order valence-corrected chi connectivity index (χ0v) is 15.2. The number of benzene rings is 1. The molecule has 0 fully saturated rings. The zero-order valence-electron chi connectivity index (χ0n) is 13.6. The highest BCUT2D eigenvalue weighted by Crippen LogP contribution is 2.17. The summed E-state index contributed by atoms with van der Waals surface area (Å²) in [5, 5.41) is 2.07. The molecule has 0 bridgehead atoms. The van der Waals surface area contributed by atoms with E-state index in [0.717, 1.165) is 27.9 Å². The highest BCUT2D eigenvalue weighted by Gasteiger charge is 2.07. The molecule has 0 saturated carbocycles. The Morgan fingerprint density at radius 3 is 2.92 bits per heavy atom. The number of carbonyl (C=O) groups excluding carboxylic acids is 1. The molecule has 0 aliphatic carbocycles. The van der Waals surface area contributed by atoms with Gasteiger partial charge in [0.2, 0.25) is 5.91 Å². The number of aryl methyl sites for hydroxylation is 1. The molecule has 0 aliphatic heterocycles. The summed E-state index contributed by atoms with van der Waals surface area (Å²) in [6, 6.07) is 12.3. The summed E-state index contributed by atoms with van der Waals surface area (Å²) in [4.78, 5) is 18.7. The number of rotatable bonds is 7. The number of thiazole rings is 1. The van der Waals surface area contributed by atoms with Crippen LogP contribution >= 0.6 is 22.7 Å². The lowest BCUT2D eigenvalue weighted by Crippen LogP contribution is -2.19. The maximum Gasteiger partial charge on any atom is 0.248 e. The molecule has 4 nitrogen and oxygen atoms in total. The Morgan fingerprint density at radius 2 is 2.12 bits per heavy atom. The minimum atomic E-state index is -0.0516. The quantitative estimate of drug-likeness (QED) is 0.642. The van der Waals surface area contributed by atoms with Gasteiger partial charge in [-0.1, -0.05) is 29.5 Å². The predicted octanol–water partition coefficient (Wildman–Crippen LogP) is 3.86. The van der Waals surface area contributed by atoms with Crippen molar-refractivity contribution in [3.63, 3.8) is 0 Å². The van der Waals surface area contributed by atoms with E-state index in [1.165, 1.54) is 4.88 Å². The first-order chi connectivity index (χ1) is 11.8. The number of ether oxygens (including phenoxy) is 1. The number of aromatic nitrogens is 1. The summed E-state index contributed by atoms with van der Waals surface area (Å²) in [7, 11) is 1.68. The third-order valence-electron chi connectivity index (χ3n) is 3.72. The lowest BCUT2D eigenvalue weighted by atomic mass is 10.2. The fraction of sp³-hybridized carbons (Fsp3) is 0.333. The van der Waals surface area contributed by atoms with Crippen molar-refractivity contribution in [1.82, 2.24) is 4.57 Å². The number of nitrogens with zero attached hydrogens (tertiary/aromatic N) is 2. The molecule has 0 radical (unpaired) electrons. The summed E-state index contributed by atoms with van der Waals surface area (Å²) in [5.41, 5.74) is 1.10. The minimum absolute atomic E-state index is 0.0516. The van der Waals surface area contributed by atoms with Crippen molar-refractivity contribution < 1.29 is 9.53 Å². The molecule has 0 atom stereocenters. The highest BCUT2D eigenvalue weighted by atomic mass is 32.1. The van der Waals surface area contributed by atoms with E-state index < -0.39 is 0 Å². The van der Waals surface area contributed by atoms with Gasteiger partial charge >= 0.3 is 0 Å². The number of thiophene rings is 1. The molecular weight excluding hydrogens is 340 g/mol. The van der Waals surface area contributed by atoms with Gasteiger partial charge in [-0.2, -0.15) is 4.99 Å². The fourth-order valence-corrected chi connectivity index (χ4v) is 4.36. The van der Waals surface area contributed by atoms with Gasteiger partial charge in [0.1, 0.15) is 0 Å². The number of carbonyl (C=O) groups is 1. The van der Waals surface area contributed by atoms with Crippen LogP contribution in [0, 0.1) is 0 Å². The van der Waals surface area contributed by atoms with Crippen LogP contribution in [0.2, 0.25) is 0 Å². The number of fused-ring (bicyclic) bond motifs is 1. The summed E-state index contributed by atoms with van der Waals surface area (Å²) in [5.74, 6) is -0.0516. The average Bonchev–Trinajstić information content (AvgIpc) is 3.20. The van der Waals surface area contributed by atoms with Crippen LogP contribution in [0.25, 0.3) is 10.2 Å². The van der Waals surface area contributed by atoms with Crippen molar-refractivity contribution in [2.45, 2.75) is 25.8 Å². The van der Waals surface area contributed by atoms with Crippen LogP contribution < -0.4 is 4.80 Å². The smallest absolute Gasteiger partial charge is 0.248 e. The average molecular weight is 361 g/mol. The topological polar surface area (TPSA) is 43.6 Å². The van der Waals surface area contributed by atoms with E-state index >= 15 is 0 Å². The molecule has 3 rings (SSSR count). The van der Waals surface area contributed by atoms with Gasteiger partial charge in [-0.3, -0.25) is 4.79 Å². The third kappa shape index (κ3) is 4.20. The van der Waals surface area contributed by atoms with Gasteiger partial charge in [0.05, 0.1) is 16.8 Å². The van der Waals surface area contributed by atoms with Crippen molar-refractivity contribution in [2.75, 3.05) is 13.7 Å². The van der Waals surface area contributed by atoms with Crippen molar-refractivity contribution in [1.29, 1.82) is 0 Å². The Hall–Kier alpha value is -1.76. The third-order valence-corrected chi connectivity index (χ3v) is 5.72. The number of methoxy groups -OCH3 is 1. The van der Waals surface area contributed by atoms with Gasteiger partial charge in [0.25, 0.3) is 0 Å². The van der Waals surface area contributed by atoms with Gasteiger partial charge < -0.3 is 9.30 Å². The maximum absolute atomic E-state index is 12.2. The molecular formula is C18H20N2O2S2. The molecule has 126 valence electrons. The highest BCUT2D eigenvalue weighted by molar-refractivity contribution is 7.16. The summed E-state index contributed by atoms with van der Waals surface area (Å²) in [6.07, 6.45) is 2.26. The van der Waals surface area contributed by atoms with Crippen LogP contribution in [0.3, 0.4) is 0 Å². The van der Waals surface area contributed by atoms with E-state index in [4.69, 9.17) is 4.74 Å². The van der Waals surface area contributed by atoms with Gasteiger partial charge in [0, 0.05) is 25.0 Å². The standard InChI is InChI=1S/C18H20N2O2S2/c1-22-12-11-20-15-8-2-3-9-16(15)24-18(20)19-17(21)10-4-6-14-7-5-13-23-14/h2-3,5,7-9,13H,4,6,10-12H2,1H3/b19-18-. The van der Waals surface area contributed by atoms with Gasteiger partial charge in [-0.05, 0) is 36.4 Å². The van der Waals surface area contributed by atoms with Crippen molar-refractivity contribution in [3.05, 3.63) is 51.5 Å². The summed E-state index contributed by atoms with van der Waals surface area (Å²) < 4.78 is 8.40. The Kier molecular flexibility index (Phi) is 5.96. The SMILES string of the molecule is COCCn1/c(=N/C(=O)CCCc2cccs2)sc2ccccc21. The first-order valence-electron chi connectivity index (χ1n) is 7.95. The van der Waals surface area contributed by atoms with Crippen LogP contribution in [0.5, 0.6) is 0 Å². The van der Waals surface area contributed by atoms with Crippen LogP contribution in [-0.4, -0.2) is 24.2 Å². The Morgan fingerprint density at radius 1 is 1.25 bits per heavy atom. The van der Waals surface area contributed by atoms with Crippen molar-refractivity contribution >= 4 is 38.8 Å². The molecule has 2 heterocycles. The minimum Gasteiger partial charge on any atom is -0.383 e. The van der Waals surface area contributed by atoms with Gasteiger partial charge in [-0.15, -0.1) is 11.3 Å². The summed E-state index contributed by atoms with van der Waals surface area (Å²) >= 11 is 3.29. The fourth-order valence-electron chi connectivity index (χ4n) is 2.54. The van der Waals surface area contributed by atoms with E-state index in [9.17, 15) is 4.79 Å². The molecule has 1 amide bonds. The molecule has 6 heteroatoms. The van der Waals surface area contributed by atoms with E-state index in [2.05, 4.69) is 33.1 Å². The monoisotopic (exact) mass is 360 g/mol. The maximum atomic E-state index is 12.2. The Balaban J connectivity index is 1.76. The number of hydrogen-bond acceptors (Lipinski definition) is 4. The molecule has 2 aromatic heterocycles. The molecule has 0 unspecified atom stereocenters. The van der Waals surface area contributed by atoms with E-state index in [0.29, 0.717) is 19.6 Å². The summed E-state index contributed by atoms with van der Waals surface area (Å²) in [6.45, 7) is 1.29. The molecule has 0 saturated heterocycles. The van der Waals surface area contributed by atoms with Crippen LogP contribution in [0.1, 0.15) is 17.7 Å². The number of amides is 1. The Labute approximate surface area is 149 Å². The number of hydrogen-bond donors (Lipinski definition) is 0. The van der Waals surface area contributed by atoms with Crippen LogP contribution in [-0.2, 0) is 22.5 Å². The second-order valence-corrected chi connectivity index (χ2v) is 7.48. The lowest BCUT2D eigenvalue weighted by molar-refractivity contribution is -0.118. The molecule has 24 heavy (non-hydrogen) atoms. The molecule has 3 aromatic rings. The zero-order chi connectivity index (χ0) is 16.8. The predicted molar refractivity (Wildman–Crippen MR) is 99.5 cm³/mol. The molecule has 0 N–H and O–H groups in total. The van der Waals surface area contributed by atoms with Gasteiger partial charge in [-0.25, -0.2) is 0 Å². The first kappa shape index (κ1) is 17.1. The molecule has 1 aromatic carbocycles. The lowest BCUT2D eigenvalue weighted by Gasteiger charge is -2.03.